The zero-order valence-electron chi connectivity index (χ0n) is 18.9. The summed E-state index contributed by atoms with van der Waals surface area (Å²) in [6.07, 6.45) is 6.40. The van der Waals surface area contributed by atoms with Crippen molar-refractivity contribution in [2.24, 2.45) is 28.8 Å². The Morgan fingerprint density at radius 2 is 1.77 bits per heavy atom. The molecule has 2 amide bonds. The Bertz CT molecular complexity index is 1270. The highest BCUT2D eigenvalue weighted by molar-refractivity contribution is 6.06. The third-order valence-electron chi connectivity index (χ3n) is 6.85. The van der Waals surface area contributed by atoms with Crippen molar-refractivity contribution < 1.29 is 33.3 Å². The van der Waals surface area contributed by atoms with Crippen LogP contribution in [0, 0.1) is 23.7 Å². The Kier molecular flexibility index (Phi) is 5.05. The Hall–Kier alpha value is -4.14. The maximum Gasteiger partial charge on any atom is 0.343 e. The van der Waals surface area contributed by atoms with Crippen LogP contribution in [0.2, 0.25) is 0 Å². The lowest BCUT2D eigenvalue weighted by Gasteiger charge is -2.13. The maximum absolute atomic E-state index is 12.8. The van der Waals surface area contributed by atoms with E-state index < -0.39 is 5.97 Å². The van der Waals surface area contributed by atoms with Gasteiger partial charge in [-0.25, -0.2) is 4.79 Å². The van der Waals surface area contributed by atoms with E-state index in [1.165, 1.54) is 6.21 Å². The van der Waals surface area contributed by atoms with E-state index in [4.69, 9.17) is 18.9 Å². The third kappa shape index (κ3) is 3.54. The van der Waals surface area contributed by atoms with Gasteiger partial charge in [-0.15, -0.1) is 0 Å². The van der Waals surface area contributed by atoms with Gasteiger partial charge in [0.25, 0.3) is 11.8 Å². The number of carbonyl (C=O) groups is 3. The molecule has 9 nitrogen and oxygen atoms in total. The number of nitrogens with zero attached hydrogens (tertiary/aromatic N) is 2. The molecule has 1 saturated carbocycles. The van der Waals surface area contributed by atoms with Crippen LogP contribution in [0.5, 0.6) is 23.0 Å². The maximum atomic E-state index is 12.8. The molecule has 4 aliphatic rings. The Balaban J connectivity index is 1.19. The molecule has 178 valence electrons. The second-order valence-electron chi connectivity index (χ2n) is 8.83. The summed E-state index contributed by atoms with van der Waals surface area (Å²) in [6.45, 7) is 2.27. The minimum absolute atomic E-state index is 0.110. The third-order valence-corrected chi connectivity index (χ3v) is 6.85. The first-order valence-corrected chi connectivity index (χ1v) is 11.5. The number of amides is 2. The van der Waals surface area contributed by atoms with Crippen molar-refractivity contribution in [3.63, 3.8) is 0 Å². The van der Waals surface area contributed by atoms with E-state index in [2.05, 4.69) is 5.10 Å². The van der Waals surface area contributed by atoms with E-state index in [1.807, 2.05) is 19.1 Å². The predicted octanol–water partition coefficient (Wildman–Crippen LogP) is 3.17. The molecule has 35 heavy (non-hydrogen) atoms. The topological polar surface area (TPSA) is 104 Å². The number of hydrazone groups is 1. The van der Waals surface area contributed by atoms with E-state index in [0.717, 1.165) is 11.4 Å². The van der Waals surface area contributed by atoms with Crippen molar-refractivity contribution in [3.8, 4) is 23.0 Å². The average molecular weight is 474 g/mol. The van der Waals surface area contributed by atoms with Crippen molar-refractivity contribution in [2.45, 2.75) is 13.3 Å². The monoisotopic (exact) mass is 474 g/mol. The zero-order valence-corrected chi connectivity index (χ0v) is 18.9. The molecular formula is C26H22N2O7. The highest BCUT2D eigenvalue weighted by Gasteiger charge is 2.59. The van der Waals surface area contributed by atoms with E-state index in [-0.39, 0.29) is 48.0 Å². The van der Waals surface area contributed by atoms with Crippen molar-refractivity contribution in [1.29, 1.82) is 0 Å². The second kappa shape index (κ2) is 8.26. The number of imide groups is 1. The number of allylic oxidation sites excluding steroid dienone is 2. The van der Waals surface area contributed by atoms with Gasteiger partial charge in [0, 0.05) is 0 Å². The molecule has 0 aromatic heterocycles. The number of fused-ring (bicyclic) bond motifs is 6. The van der Waals surface area contributed by atoms with Crippen molar-refractivity contribution in [2.75, 3.05) is 13.4 Å². The molecule has 2 aliphatic heterocycles. The summed E-state index contributed by atoms with van der Waals surface area (Å²) < 4.78 is 21.8. The lowest BCUT2D eigenvalue weighted by Crippen LogP contribution is -2.28. The number of benzene rings is 2. The molecule has 1 saturated heterocycles. The summed E-state index contributed by atoms with van der Waals surface area (Å²) >= 11 is 0. The largest absolute Gasteiger partial charge is 0.490 e. The number of rotatable bonds is 6. The average Bonchev–Trinajstić information content (AvgIpc) is 3.64. The fourth-order valence-corrected chi connectivity index (χ4v) is 5.26. The van der Waals surface area contributed by atoms with Crippen LogP contribution in [0.1, 0.15) is 29.3 Å². The van der Waals surface area contributed by atoms with Crippen LogP contribution in [-0.4, -0.2) is 42.4 Å². The smallest absolute Gasteiger partial charge is 0.343 e. The molecule has 0 radical (unpaired) electrons. The van der Waals surface area contributed by atoms with Gasteiger partial charge in [0.15, 0.2) is 23.0 Å². The molecule has 0 N–H and O–H groups in total. The first-order valence-electron chi connectivity index (χ1n) is 11.5. The molecule has 2 fully saturated rings. The quantitative estimate of drug-likeness (QED) is 0.208. The van der Waals surface area contributed by atoms with Gasteiger partial charge in [0.1, 0.15) is 0 Å². The van der Waals surface area contributed by atoms with Crippen molar-refractivity contribution >= 4 is 24.0 Å². The summed E-state index contributed by atoms with van der Waals surface area (Å²) in [6, 6.07) is 9.71. The van der Waals surface area contributed by atoms with Gasteiger partial charge in [0.2, 0.25) is 6.79 Å². The predicted molar refractivity (Wildman–Crippen MR) is 122 cm³/mol. The van der Waals surface area contributed by atoms with Crippen LogP contribution in [0.15, 0.2) is 53.7 Å². The van der Waals surface area contributed by atoms with Gasteiger partial charge < -0.3 is 18.9 Å². The highest BCUT2D eigenvalue weighted by atomic mass is 16.7. The van der Waals surface area contributed by atoms with Gasteiger partial charge in [0.05, 0.1) is 30.2 Å². The van der Waals surface area contributed by atoms with E-state index in [0.29, 0.717) is 35.0 Å². The zero-order chi connectivity index (χ0) is 24.1. The number of carbonyl (C=O) groups excluding carboxylic acids is 3. The lowest BCUT2D eigenvalue weighted by molar-refractivity contribution is -0.140. The van der Waals surface area contributed by atoms with Crippen LogP contribution >= 0.6 is 0 Å². The van der Waals surface area contributed by atoms with Crippen LogP contribution in [0.4, 0.5) is 0 Å². The molecule has 6 rings (SSSR count). The summed E-state index contributed by atoms with van der Waals surface area (Å²) in [5, 5.41) is 5.20. The SMILES string of the molecule is CCOc1cc(C=NN2C(=O)C3C4C=CC(C4)C3C2=O)ccc1OC(=O)c1ccc2c(c1)OCO2. The molecule has 0 spiro atoms. The fourth-order valence-electron chi connectivity index (χ4n) is 5.26. The molecule has 4 unspecified atom stereocenters. The Morgan fingerprint density at radius 1 is 1.03 bits per heavy atom. The number of esters is 1. The molecule has 2 bridgehead atoms. The van der Waals surface area contributed by atoms with E-state index >= 15 is 0 Å². The van der Waals surface area contributed by atoms with Gasteiger partial charge in [-0.1, -0.05) is 12.2 Å². The standard InChI is InChI=1S/C26H22N2O7/c1-2-32-20-9-14(12-27-28-24(29)22-15-4-5-16(10-15)23(22)25(28)30)3-7-19(20)35-26(31)17-6-8-18-21(11-17)34-13-33-18/h3-9,11-12,15-16,22-23H,2,10,13H2,1H3. The Morgan fingerprint density at radius 3 is 2.51 bits per heavy atom. The minimum Gasteiger partial charge on any atom is -0.490 e. The molecule has 2 aromatic rings. The highest BCUT2D eigenvalue weighted by Crippen LogP contribution is 2.52. The Labute approximate surface area is 200 Å². The molecule has 9 heteroatoms. The van der Waals surface area contributed by atoms with Crippen molar-refractivity contribution in [1.82, 2.24) is 5.01 Å². The molecular weight excluding hydrogens is 452 g/mol. The number of ether oxygens (including phenoxy) is 4. The van der Waals surface area contributed by atoms with Crippen LogP contribution < -0.4 is 18.9 Å². The van der Waals surface area contributed by atoms with Crippen LogP contribution in [0.25, 0.3) is 0 Å². The summed E-state index contributed by atoms with van der Waals surface area (Å²) in [7, 11) is 0. The normalized spacial score (nSPS) is 25.6. The molecule has 2 aromatic carbocycles. The molecule has 2 aliphatic carbocycles. The first kappa shape index (κ1) is 21.4. The molecule has 4 atom stereocenters. The number of hydrogen-bond donors (Lipinski definition) is 0. The van der Waals surface area contributed by atoms with Gasteiger partial charge in [-0.3, -0.25) is 9.59 Å². The van der Waals surface area contributed by atoms with Gasteiger partial charge >= 0.3 is 5.97 Å². The summed E-state index contributed by atoms with van der Waals surface area (Å²) in [4.78, 5) is 38.3. The minimum atomic E-state index is -0.575. The first-order chi connectivity index (χ1) is 17.0. The van der Waals surface area contributed by atoms with E-state index in [1.54, 1.807) is 36.4 Å². The van der Waals surface area contributed by atoms with Gasteiger partial charge in [-0.05, 0) is 67.1 Å². The fraction of sp³-hybridized carbons (Fsp3) is 0.308. The van der Waals surface area contributed by atoms with E-state index in [9.17, 15) is 14.4 Å². The summed E-state index contributed by atoms with van der Waals surface area (Å²) in [5.74, 6) is 0.222. The number of hydrogen-bond acceptors (Lipinski definition) is 8. The van der Waals surface area contributed by atoms with Crippen molar-refractivity contribution in [3.05, 3.63) is 59.7 Å². The van der Waals surface area contributed by atoms with Crippen LogP contribution in [0.3, 0.4) is 0 Å². The van der Waals surface area contributed by atoms with Crippen LogP contribution in [-0.2, 0) is 9.59 Å². The summed E-state index contributed by atoms with van der Waals surface area (Å²) in [5.41, 5.74) is 0.900. The second-order valence-corrected chi connectivity index (χ2v) is 8.83. The molecule has 2 heterocycles. The van der Waals surface area contributed by atoms with Gasteiger partial charge in [-0.2, -0.15) is 10.1 Å². The lowest BCUT2D eigenvalue weighted by atomic mass is 9.85.